The minimum absolute atomic E-state index is 0.281. The molecule has 2 aromatic heterocycles. The molecule has 1 fully saturated rings. The van der Waals surface area contributed by atoms with Crippen molar-refractivity contribution < 1.29 is 14.2 Å². The van der Waals surface area contributed by atoms with Crippen LogP contribution in [-0.2, 0) is 4.74 Å². The topological polar surface area (TPSA) is 108 Å². The first kappa shape index (κ1) is 24.0. The number of aromatic nitrogens is 3. The lowest BCUT2D eigenvalue weighted by Gasteiger charge is -2.26. The maximum absolute atomic E-state index is 13.0. The molecule has 9 nitrogen and oxygen atoms in total. The number of nitrogens with one attached hydrogen (secondary N) is 1. The Morgan fingerprint density at radius 3 is 2.47 bits per heavy atom. The molecular weight excluding hydrogens is 482 g/mol. The molecule has 9 heteroatoms. The second-order valence-electron chi connectivity index (χ2n) is 9.25. The van der Waals surface area contributed by atoms with E-state index in [0.717, 1.165) is 56.1 Å². The average Bonchev–Trinajstić information content (AvgIpc) is 3.30. The number of ether oxygens (including phenoxy) is 3. The number of anilines is 1. The van der Waals surface area contributed by atoms with Gasteiger partial charge in [-0.2, -0.15) is 5.10 Å². The van der Waals surface area contributed by atoms with E-state index in [1.807, 2.05) is 72.8 Å². The summed E-state index contributed by atoms with van der Waals surface area (Å²) >= 11 is 0. The molecule has 194 valence electrons. The van der Waals surface area contributed by atoms with Crippen molar-refractivity contribution in [1.82, 2.24) is 19.7 Å². The number of H-pyrrole nitrogens is 1. The minimum atomic E-state index is -0.287. The fraction of sp³-hybridized carbons (Fsp3) is 0.241. The van der Waals surface area contributed by atoms with Gasteiger partial charge in [0.05, 0.1) is 31.0 Å². The SMILES string of the molecule is Nc1c2c(=O)[nH]c3cc(OCCCN4CCOCC4)ccc3c2nn1-c1ccc(Oc2ccccc2)cc1. The third-order valence-corrected chi connectivity index (χ3v) is 6.69. The summed E-state index contributed by atoms with van der Waals surface area (Å²) in [5.41, 5.74) is 8.05. The van der Waals surface area contributed by atoms with Crippen LogP contribution < -0.4 is 20.8 Å². The summed E-state index contributed by atoms with van der Waals surface area (Å²) in [6.45, 7) is 5.10. The lowest BCUT2D eigenvalue weighted by molar-refractivity contribution is 0.0358. The first-order valence-corrected chi connectivity index (χ1v) is 12.8. The van der Waals surface area contributed by atoms with Crippen molar-refractivity contribution in [3.05, 3.63) is 83.2 Å². The molecule has 0 unspecified atom stereocenters. The second kappa shape index (κ2) is 10.6. The zero-order valence-electron chi connectivity index (χ0n) is 20.9. The second-order valence-corrected chi connectivity index (χ2v) is 9.25. The largest absolute Gasteiger partial charge is 0.493 e. The van der Waals surface area contributed by atoms with Gasteiger partial charge >= 0.3 is 0 Å². The fourth-order valence-electron chi connectivity index (χ4n) is 4.73. The molecule has 5 aromatic rings. The van der Waals surface area contributed by atoms with Crippen molar-refractivity contribution >= 4 is 27.6 Å². The number of aromatic amines is 1. The number of morpholine rings is 1. The van der Waals surface area contributed by atoms with Crippen LogP contribution in [0.2, 0.25) is 0 Å². The number of pyridine rings is 1. The third-order valence-electron chi connectivity index (χ3n) is 6.69. The Labute approximate surface area is 219 Å². The summed E-state index contributed by atoms with van der Waals surface area (Å²) in [6, 6.07) is 22.6. The Hall–Kier alpha value is -4.34. The van der Waals surface area contributed by atoms with Crippen LogP contribution in [0.1, 0.15) is 6.42 Å². The molecule has 0 atom stereocenters. The van der Waals surface area contributed by atoms with Gasteiger partial charge in [0.1, 0.15) is 34.0 Å². The highest BCUT2D eigenvalue weighted by Crippen LogP contribution is 2.29. The molecule has 0 amide bonds. The summed E-state index contributed by atoms with van der Waals surface area (Å²) in [7, 11) is 0. The number of benzene rings is 3. The molecule has 1 saturated heterocycles. The number of hydrogen-bond donors (Lipinski definition) is 2. The van der Waals surface area contributed by atoms with Gasteiger partial charge in [-0.15, -0.1) is 0 Å². The molecule has 38 heavy (non-hydrogen) atoms. The molecule has 6 rings (SSSR count). The molecule has 0 radical (unpaired) electrons. The van der Waals surface area contributed by atoms with Crippen molar-refractivity contribution in [2.45, 2.75) is 6.42 Å². The predicted molar refractivity (Wildman–Crippen MR) is 147 cm³/mol. The molecule has 0 bridgehead atoms. The summed E-state index contributed by atoms with van der Waals surface area (Å²) in [5.74, 6) is 2.43. The van der Waals surface area contributed by atoms with Gasteiger partial charge in [-0.3, -0.25) is 9.69 Å². The monoisotopic (exact) mass is 511 g/mol. The van der Waals surface area contributed by atoms with Gasteiger partial charge in [0.2, 0.25) is 0 Å². The first-order chi connectivity index (χ1) is 18.7. The van der Waals surface area contributed by atoms with Crippen LogP contribution in [-0.4, -0.2) is 59.1 Å². The van der Waals surface area contributed by atoms with Gasteiger partial charge < -0.3 is 24.9 Å². The molecule has 0 aliphatic carbocycles. The number of rotatable bonds is 8. The van der Waals surface area contributed by atoms with Gasteiger partial charge in [0, 0.05) is 31.1 Å². The predicted octanol–water partition coefficient (Wildman–Crippen LogP) is 4.34. The number of nitrogen functional groups attached to an aromatic ring is 1. The zero-order chi connectivity index (χ0) is 25.9. The van der Waals surface area contributed by atoms with E-state index in [2.05, 4.69) is 9.88 Å². The van der Waals surface area contributed by atoms with Gasteiger partial charge in [-0.25, -0.2) is 4.68 Å². The van der Waals surface area contributed by atoms with E-state index in [4.69, 9.17) is 25.0 Å². The maximum atomic E-state index is 13.0. The Bertz CT molecular complexity index is 1610. The van der Waals surface area contributed by atoms with E-state index < -0.39 is 0 Å². The number of hydrogen-bond acceptors (Lipinski definition) is 7. The van der Waals surface area contributed by atoms with E-state index in [1.165, 1.54) is 0 Å². The Morgan fingerprint density at radius 1 is 0.947 bits per heavy atom. The lowest BCUT2D eigenvalue weighted by Crippen LogP contribution is -2.37. The van der Waals surface area contributed by atoms with Gasteiger partial charge in [0.25, 0.3) is 5.56 Å². The number of para-hydroxylation sites is 1. The first-order valence-electron chi connectivity index (χ1n) is 12.8. The maximum Gasteiger partial charge on any atom is 0.261 e. The number of fused-ring (bicyclic) bond motifs is 3. The van der Waals surface area contributed by atoms with Crippen molar-refractivity contribution in [1.29, 1.82) is 0 Å². The van der Waals surface area contributed by atoms with Gasteiger partial charge in [-0.1, -0.05) is 18.2 Å². The molecule has 0 spiro atoms. The standard InChI is InChI=1S/C29H29N5O4/c30-28-26-27(32-34(28)20-7-9-22(10-8-20)38-21-5-2-1-3-6-21)24-12-11-23(19-25(24)31-29(26)35)37-16-4-13-33-14-17-36-18-15-33/h1-3,5-12,19H,4,13-18,30H2,(H,31,35). The normalized spacial score (nSPS) is 14.2. The molecule has 1 aliphatic rings. The van der Waals surface area contributed by atoms with E-state index in [0.29, 0.717) is 34.5 Å². The number of nitrogens with two attached hydrogens (primary N) is 1. The van der Waals surface area contributed by atoms with Crippen LogP contribution in [0, 0.1) is 0 Å². The summed E-state index contributed by atoms with van der Waals surface area (Å²) in [5, 5.41) is 5.88. The molecule has 3 aromatic carbocycles. The van der Waals surface area contributed by atoms with Crippen LogP contribution in [0.25, 0.3) is 27.5 Å². The van der Waals surface area contributed by atoms with Crippen molar-refractivity contribution in [3.8, 4) is 22.9 Å². The quantitative estimate of drug-likeness (QED) is 0.298. The summed E-state index contributed by atoms with van der Waals surface area (Å²) in [4.78, 5) is 18.3. The van der Waals surface area contributed by atoms with Crippen molar-refractivity contribution in [3.63, 3.8) is 0 Å². The van der Waals surface area contributed by atoms with E-state index in [1.54, 1.807) is 4.68 Å². The average molecular weight is 512 g/mol. The molecule has 3 N–H and O–H groups in total. The Morgan fingerprint density at radius 2 is 1.68 bits per heavy atom. The zero-order valence-corrected chi connectivity index (χ0v) is 20.9. The highest BCUT2D eigenvalue weighted by molar-refractivity contribution is 6.07. The number of nitrogens with zero attached hydrogens (tertiary/aromatic N) is 3. The summed E-state index contributed by atoms with van der Waals surface area (Å²) in [6.07, 6.45) is 0.920. The highest BCUT2D eigenvalue weighted by Gasteiger charge is 2.17. The molecule has 3 heterocycles. The van der Waals surface area contributed by atoms with E-state index in [9.17, 15) is 4.79 Å². The minimum Gasteiger partial charge on any atom is -0.493 e. The van der Waals surface area contributed by atoms with Crippen molar-refractivity contribution in [2.24, 2.45) is 0 Å². The van der Waals surface area contributed by atoms with Crippen LogP contribution in [0.15, 0.2) is 77.6 Å². The molecule has 0 saturated carbocycles. The smallest absolute Gasteiger partial charge is 0.261 e. The fourth-order valence-corrected chi connectivity index (χ4v) is 4.73. The summed E-state index contributed by atoms with van der Waals surface area (Å²) < 4.78 is 18.8. The van der Waals surface area contributed by atoms with E-state index >= 15 is 0 Å². The lowest BCUT2D eigenvalue weighted by atomic mass is 10.1. The Balaban J connectivity index is 1.22. The van der Waals surface area contributed by atoms with Crippen LogP contribution >= 0.6 is 0 Å². The van der Waals surface area contributed by atoms with Crippen LogP contribution in [0.3, 0.4) is 0 Å². The van der Waals surface area contributed by atoms with Crippen LogP contribution in [0.4, 0.5) is 5.82 Å². The van der Waals surface area contributed by atoms with Gasteiger partial charge in [-0.05, 0) is 55.0 Å². The Kier molecular flexibility index (Phi) is 6.68. The van der Waals surface area contributed by atoms with Gasteiger partial charge in [0.15, 0.2) is 0 Å². The van der Waals surface area contributed by atoms with Crippen LogP contribution in [0.5, 0.6) is 17.2 Å². The highest BCUT2D eigenvalue weighted by atomic mass is 16.5. The molecule has 1 aliphatic heterocycles. The van der Waals surface area contributed by atoms with Crippen molar-refractivity contribution in [2.75, 3.05) is 45.2 Å². The van der Waals surface area contributed by atoms with E-state index in [-0.39, 0.29) is 11.4 Å². The molecular formula is C29H29N5O4. The third kappa shape index (κ3) is 4.93.